The average Bonchev–Trinajstić information content (AvgIpc) is 2.29. The Kier molecular flexibility index (Phi) is 5.35. The second-order valence-electron chi connectivity index (χ2n) is 4.06. The molecule has 1 aromatic heterocycles. The number of nitrogens with zero attached hydrogens (tertiary/aromatic N) is 2. The van der Waals surface area contributed by atoms with Gasteiger partial charge in [0.1, 0.15) is 0 Å². The van der Waals surface area contributed by atoms with Gasteiger partial charge in [-0.05, 0) is 21.9 Å². The van der Waals surface area contributed by atoms with Gasteiger partial charge < -0.3 is 20.2 Å². The third-order valence-electron chi connectivity index (χ3n) is 1.96. The van der Waals surface area contributed by atoms with E-state index >= 15 is 0 Å². The van der Waals surface area contributed by atoms with Crippen molar-refractivity contribution in [1.29, 1.82) is 0 Å². The van der Waals surface area contributed by atoms with E-state index in [-0.39, 0.29) is 5.82 Å². The largest absolute Gasteiger partial charge is 0.380 e. The highest BCUT2D eigenvalue weighted by Crippen LogP contribution is 2.10. The lowest BCUT2D eigenvalue weighted by Gasteiger charge is -2.07. The van der Waals surface area contributed by atoms with Crippen LogP contribution in [0.5, 0.6) is 0 Å². The van der Waals surface area contributed by atoms with E-state index in [1.54, 1.807) is 6.07 Å². The van der Waals surface area contributed by atoms with Crippen molar-refractivity contribution >= 4 is 11.5 Å². The van der Waals surface area contributed by atoms with Crippen LogP contribution >= 0.6 is 0 Å². The first-order valence-corrected chi connectivity index (χ1v) is 5.51. The van der Waals surface area contributed by atoms with Crippen molar-refractivity contribution in [2.45, 2.75) is 13.8 Å². The predicted octanol–water partition coefficient (Wildman–Crippen LogP) is 2.07. The van der Waals surface area contributed by atoms with Crippen molar-refractivity contribution in [2.75, 3.05) is 25.1 Å². The van der Waals surface area contributed by atoms with Crippen molar-refractivity contribution in [3.05, 3.63) is 28.4 Å². The molecular formula is C11H17N3O3. The molecule has 94 valence electrons. The Labute approximate surface area is 100 Å². The number of rotatable bonds is 7. The van der Waals surface area contributed by atoms with Gasteiger partial charge in [0, 0.05) is 19.2 Å². The second kappa shape index (κ2) is 6.80. The second-order valence-corrected chi connectivity index (χ2v) is 4.06. The summed E-state index contributed by atoms with van der Waals surface area (Å²) in [5, 5.41) is 13.5. The van der Waals surface area contributed by atoms with Gasteiger partial charge in [0.05, 0.1) is 12.3 Å². The molecule has 0 aromatic carbocycles. The summed E-state index contributed by atoms with van der Waals surface area (Å²) in [4.78, 5) is 13.6. The van der Waals surface area contributed by atoms with E-state index in [2.05, 4.69) is 24.1 Å². The molecule has 0 aliphatic carbocycles. The van der Waals surface area contributed by atoms with E-state index < -0.39 is 4.92 Å². The fourth-order valence-electron chi connectivity index (χ4n) is 1.19. The monoisotopic (exact) mass is 239 g/mol. The van der Waals surface area contributed by atoms with Gasteiger partial charge in [0.25, 0.3) is 0 Å². The first kappa shape index (κ1) is 13.4. The smallest absolute Gasteiger partial charge is 0.363 e. The lowest BCUT2D eigenvalue weighted by Crippen LogP contribution is -2.12. The zero-order valence-electron chi connectivity index (χ0n) is 10.0. The molecule has 0 aliphatic rings. The van der Waals surface area contributed by atoms with E-state index in [9.17, 15) is 10.1 Å². The SMILES string of the molecule is CC(C)COCCNc1ccc([N+](=O)[O-])nc1. The van der Waals surface area contributed by atoms with Crippen LogP contribution in [0.3, 0.4) is 0 Å². The fraction of sp³-hybridized carbons (Fsp3) is 0.545. The number of nitro groups is 1. The summed E-state index contributed by atoms with van der Waals surface area (Å²) in [5.74, 6) is 0.377. The summed E-state index contributed by atoms with van der Waals surface area (Å²) < 4.78 is 5.39. The molecule has 0 spiro atoms. The summed E-state index contributed by atoms with van der Waals surface area (Å²) in [6, 6.07) is 3.00. The normalized spacial score (nSPS) is 10.5. The van der Waals surface area contributed by atoms with Gasteiger partial charge in [-0.25, -0.2) is 0 Å². The Balaban J connectivity index is 2.25. The maximum atomic E-state index is 10.4. The number of aromatic nitrogens is 1. The molecule has 0 radical (unpaired) electrons. The van der Waals surface area contributed by atoms with Crippen LogP contribution in [0.25, 0.3) is 0 Å². The molecule has 0 fully saturated rings. The summed E-state index contributed by atoms with van der Waals surface area (Å²) in [6.07, 6.45) is 1.45. The highest BCUT2D eigenvalue weighted by molar-refractivity contribution is 5.43. The predicted molar refractivity (Wildman–Crippen MR) is 65.0 cm³/mol. The van der Waals surface area contributed by atoms with Gasteiger partial charge in [-0.3, -0.25) is 0 Å². The molecule has 0 atom stereocenters. The molecule has 6 heteroatoms. The van der Waals surface area contributed by atoms with Crippen LogP contribution in [0.4, 0.5) is 11.5 Å². The van der Waals surface area contributed by atoms with Crippen LogP contribution in [0, 0.1) is 16.0 Å². The average molecular weight is 239 g/mol. The van der Waals surface area contributed by atoms with E-state index in [0.717, 1.165) is 12.3 Å². The highest BCUT2D eigenvalue weighted by atomic mass is 16.6. The lowest BCUT2D eigenvalue weighted by atomic mass is 10.2. The number of pyridine rings is 1. The minimum atomic E-state index is -0.518. The lowest BCUT2D eigenvalue weighted by molar-refractivity contribution is -0.389. The van der Waals surface area contributed by atoms with Crippen molar-refractivity contribution in [1.82, 2.24) is 4.98 Å². The van der Waals surface area contributed by atoms with Crippen molar-refractivity contribution < 1.29 is 9.66 Å². The van der Waals surface area contributed by atoms with Crippen LogP contribution in [0.15, 0.2) is 18.3 Å². The van der Waals surface area contributed by atoms with Gasteiger partial charge in [-0.2, -0.15) is 0 Å². The molecule has 17 heavy (non-hydrogen) atoms. The minimum absolute atomic E-state index is 0.147. The standard InChI is InChI=1S/C11H17N3O3/c1-9(2)8-17-6-5-12-10-3-4-11(13-7-10)14(15)16/h3-4,7,9,12H,5-6,8H2,1-2H3. The topological polar surface area (TPSA) is 77.3 Å². The molecule has 6 nitrogen and oxygen atoms in total. The zero-order chi connectivity index (χ0) is 12.7. The Morgan fingerprint density at radius 2 is 2.29 bits per heavy atom. The Hall–Kier alpha value is -1.69. The minimum Gasteiger partial charge on any atom is -0.380 e. The Morgan fingerprint density at radius 3 is 2.82 bits per heavy atom. The summed E-state index contributed by atoms with van der Waals surface area (Å²) in [5.41, 5.74) is 0.753. The maximum Gasteiger partial charge on any atom is 0.363 e. The maximum absolute atomic E-state index is 10.4. The molecule has 0 amide bonds. The van der Waals surface area contributed by atoms with E-state index in [4.69, 9.17) is 4.74 Å². The summed E-state index contributed by atoms with van der Waals surface area (Å²) >= 11 is 0. The third-order valence-corrected chi connectivity index (χ3v) is 1.96. The van der Waals surface area contributed by atoms with Gasteiger partial charge in [-0.1, -0.05) is 13.8 Å². The quantitative estimate of drug-likeness (QED) is 0.447. The fourth-order valence-corrected chi connectivity index (χ4v) is 1.19. The van der Waals surface area contributed by atoms with Crippen LogP contribution < -0.4 is 5.32 Å². The van der Waals surface area contributed by atoms with Gasteiger partial charge in [0.2, 0.25) is 0 Å². The van der Waals surface area contributed by atoms with Crippen LogP contribution in [0.1, 0.15) is 13.8 Å². The van der Waals surface area contributed by atoms with E-state index in [1.165, 1.54) is 12.3 Å². The number of nitrogens with one attached hydrogen (secondary N) is 1. The molecule has 0 saturated heterocycles. The summed E-state index contributed by atoms with van der Waals surface area (Å²) in [6.45, 7) is 6.18. The molecule has 0 unspecified atom stereocenters. The van der Waals surface area contributed by atoms with Gasteiger partial charge >= 0.3 is 5.82 Å². The molecular weight excluding hydrogens is 222 g/mol. The van der Waals surface area contributed by atoms with Crippen molar-refractivity contribution in [3.63, 3.8) is 0 Å². The number of ether oxygens (including phenoxy) is 1. The first-order valence-electron chi connectivity index (χ1n) is 5.51. The molecule has 1 rings (SSSR count). The van der Waals surface area contributed by atoms with Gasteiger partial charge in [-0.15, -0.1) is 0 Å². The third kappa shape index (κ3) is 5.26. The number of anilines is 1. The van der Waals surface area contributed by atoms with Crippen molar-refractivity contribution in [3.8, 4) is 0 Å². The zero-order valence-corrected chi connectivity index (χ0v) is 10.0. The molecule has 1 N–H and O–H groups in total. The number of hydrogen-bond donors (Lipinski definition) is 1. The van der Waals surface area contributed by atoms with Gasteiger partial charge in [0.15, 0.2) is 6.20 Å². The van der Waals surface area contributed by atoms with E-state index in [1.807, 2.05) is 0 Å². The van der Waals surface area contributed by atoms with Crippen LogP contribution in [-0.4, -0.2) is 29.7 Å². The highest BCUT2D eigenvalue weighted by Gasteiger charge is 2.05. The molecule has 0 bridgehead atoms. The Morgan fingerprint density at radius 1 is 1.53 bits per heavy atom. The van der Waals surface area contributed by atoms with E-state index in [0.29, 0.717) is 19.1 Å². The molecule has 0 aliphatic heterocycles. The summed E-state index contributed by atoms with van der Waals surface area (Å²) in [7, 11) is 0. The molecule has 0 saturated carbocycles. The number of hydrogen-bond acceptors (Lipinski definition) is 5. The molecule has 1 heterocycles. The van der Waals surface area contributed by atoms with Crippen LogP contribution in [-0.2, 0) is 4.74 Å². The first-order chi connectivity index (χ1) is 8.09. The molecule has 1 aromatic rings. The van der Waals surface area contributed by atoms with Crippen molar-refractivity contribution in [2.24, 2.45) is 5.92 Å². The Bertz CT molecular complexity index is 351. The van der Waals surface area contributed by atoms with Crippen LogP contribution in [0.2, 0.25) is 0 Å².